The molecule has 0 atom stereocenters. The molecule has 166 valence electrons. The lowest BCUT2D eigenvalue weighted by atomic mass is 9.96. The number of piperidine rings is 1. The number of carbonyl (C=O) groups is 1. The van der Waals surface area contributed by atoms with Gasteiger partial charge < -0.3 is 19.3 Å². The number of ether oxygens (including phenoxy) is 2. The van der Waals surface area contributed by atoms with Crippen LogP contribution in [0.1, 0.15) is 18.7 Å². The fourth-order valence-electron chi connectivity index (χ4n) is 3.86. The Bertz CT molecular complexity index is 1140. The smallest absolute Gasteiger partial charge is 0.241 e. The van der Waals surface area contributed by atoms with E-state index in [4.69, 9.17) is 37.2 Å². The zero-order valence-corrected chi connectivity index (χ0v) is 18.5. The van der Waals surface area contributed by atoms with Crippen molar-refractivity contribution in [2.45, 2.75) is 19.4 Å². The van der Waals surface area contributed by atoms with Crippen LogP contribution in [0.3, 0.4) is 0 Å². The average molecular weight is 475 g/mol. The van der Waals surface area contributed by atoms with Crippen LogP contribution in [0.5, 0.6) is 11.5 Å². The van der Waals surface area contributed by atoms with Gasteiger partial charge in [-0.05, 0) is 56.3 Å². The van der Waals surface area contributed by atoms with E-state index in [0.717, 1.165) is 25.9 Å². The molecule has 1 amide bonds. The molecular weight excluding hydrogens is 455 g/mol. The van der Waals surface area contributed by atoms with Crippen LogP contribution in [0.2, 0.25) is 10.0 Å². The van der Waals surface area contributed by atoms with Crippen LogP contribution in [0.4, 0.5) is 5.69 Å². The van der Waals surface area contributed by atoms with Crippen LogP contribution in [0.25, 0.3) is 11.4 Å². The molecule has 1 N–H and O–H groups in total. The summed E-state index contributed by atoms with van der Waals surface area (Å²) < 4.78 is 16.1. The van der Waals surface area contributed by atoms with Gasteiger partial charge in [0.25, 0.3) is 0 Å². The fourth-order valence-corrected chi connectivity index (χ4v) is 4.36. The first-order valence-corrected chi connectivity index (χ1v) is 11.0. The third-order valence-corrected chi connectivity index (χ3v) is 6.15. The number of rotatable bonds is 5. The molecule has 3 heterocycles. The number of hydrogen-bond acceptors (Lipinski definition) is 7. The molecule has 2 aliphatic rings. The van der Waals surface area contributed by atoms with Crippen LogP contribution in [0.15, 0.2) is 40.9 Å². The number of nitrogens with one attached hydrogen (secondary N) is 1. The largest absolute Gasteiger partial charge is 0.454 e. The van der Waals surface area contributed by atoms with Gasteiger partial charge in [0, 0.05) is 28.3 Å². The zero-order valence-electron chi connectivity index (χ0n) is 17.0. The van der Waals surface area contributed by atoms with E-state index in [1.807, 2.05) is 6.07 Å². The van der Waals surface area contributed by atoms with E-state index in [2.05, 4.69) is 20.4 Å². The van der Waals surface area contributed by atoms with Gasteiger partial charge in [-0.2, -0.15) is 4.98 Å². The number of aromatic nitrogens is 2. The molecule has 1 aromatic heterocycles. The van der Waals surface area contributed by atoms with E-state index in [1.165, 1.54) is 0 Å². The van der Waals surface area contributed by atoms with Crippen molar-refractivity contribution in [1.29, 1.82) is 0 Å². The summed E-state index contributed by atoms with van der Waals surface area (Å²) in [6.45, 7) is 2.26. The second kappa shape index (κ2) is 8.97. The van der Waals surface area contributed by atoms with Gasteiger partial charge in [-0.25, -0.2) is 0 Å². The summed E-state index contributed by atoms with van der Waals surface area (Å²) in [5.41, 5.74) is 1.38. The van der Waals surface area contributed by atoms with Gasteiger partial charge in [-0.15, -0.1) is 0 Å². The minimum Gasteiger partial charge on any atom is -0.454 e. The van der Waals surface area contributed by atoms with Crippen LogP contribution in [-0.4, -0.2) is 40.8 Å². The highest BCUT2D eigenvalue weighted by Gasteiger charge is 2.26. The third-order valence-electron chi connectivity index (χ3n) is 5.60. The maximum atomic E-state index is 12.7. The minimum absolute atomic E-state index is 0.0148. The van der Waals surface area contributed by atoms with Crippen molar-refractivity contribution in [1.82, 2.24) is 15.0 Å². The molecule has 0 bridgehead atoms. The summed E-state index contributed by atoms with van der Waals surface area (Å²) in [6, 6.07) is 10.6. The van der Waals surface area contributed by atoms with Gasteiger partial charge in [0.15, 0.2) is 11.5 Å². The molecule has 2 aliphatic heterocycles. The first-order valence-electron chi connectivity index (χ1n) is 10.3. The van der Waals surface area contributed by atoms with E-state index < -0.39 is 0 Å². The highest BCUT2D eigenvalue weighted by atomic mass is 35.5. The zero-order chi connectivity index (χ0) is 22.1. The molecule has 0 saturated carbocycles. The van der Waals surface area contributed by atoms with Crippen molar-refractivity contribution in [3.8, 4) is 22.9 Å². The van der Waals surface area contributed by atoms with Gasteiger partial charge in [0.1, 0.15) is 0 Å². The summed E-state index contributed by atoms with van der Waals surface area (Å²) in [5.74, 6) is 2.24. The lowest BCUT2D eigenvalue weighted by molar-refractivity contribution is -0.121. The Labute approximate surface area is 194 Å². The highest BCUT2D eigenvalue weighted by Crippen LogP contribution is 2.34. The van der Waals surface area contributed by atoms with Crippen molar-refractivity contribution in [3.05, 3.63) is 52.3 Å². The molecule has 1 saturated heterocycles. The van der Waals surface area contributed by atoms with Gasteiger partial charge in [-0.3, -0.25) is 9.69 Å². The van der Waals surface area contributed by atoms with Crippen molar-refractivity contribution < 1.29 is 18.8 Å². The van der Waals surface area contributed by atoms with E-state index in [9.17, 15) is 4.79 Å². The molecule has 3 aromatic rings. The molecular formula is C22H20Cl2N4O4. The predicted octanol–water partition coefficient (Wildman–Crippen LogP) is 4.62. The first-order chi connectivity index (χ1) is 15.5. The molecule has 32 heavy (non-hydrogen) atoms. The molecule has 2 aromatic carbocycles. The maximum absolute atomic E-state index is 12.7. The molecule has 0 aliphatic carbocycles. The normalized spacial score (nSPS) is 16.3. The molecule has 0 radical (unpaired) electrons. The van der Waals surface area contributed by atoms with Gasteiger partial charge in [0.2, 0.25) is 24.4 Å². The summed E-state index contributed by atoms with van der Waals surface area (Å²) >= 11 is 12.2. The third kappa shape index (κ3) is 4.53. The topological polar surface area (TPSA) is 89.7 Å². The van der Waals surface area contributed by atoms with Crippen molar-refractivity contribution in [3.63, 3.8) is 0 Å². The van der Waals surface area contributed by atoms with Crippen molar-refractivity contribution in [2.75, 3.05) is 25.2 Å². The molecule has 8 nitrogen and oxygen atoms in total. The standard InChI is InChI=1S/C22H20Cl2N4O4/c23-14-1-3-16(17(24)9-14)21-26-20(32-27-21)11-28-7-5-13(6-8-28)22(29)25-15-2-4-18-19(10-15)31-12-30-18/h1-4,9-10,13H,5-8,11-12H2,(H,25,29). The second-order valence-electron chi connectivity index (χ2n) is 7.74. The Morgan fingerprint density at radius 2 is 1.91 bits per heavy atom. The molecule has 0 spiro atoms. The Hall–Kier alpha value is -2.81. The summed E-state index contributed by atoms with van der Waals surface area (Å²) in [4.78, 5) is 19.3. The molecule has 10 heteroatoms. The summed E-state index contributed by atoms with van der Waals surface area (Å²) in [6.07, 6.45) is 1.50. The minimum atomic E-state index is -0.0530. The van der Waals surface area contributed by atoms with Crippen molar-refractivity contribution in [2.24, 2.45) is 5.92 Å². The number of fused-ring (bicyclic) bond motifs is 1. The lowest BCUT2D eigenvalue weighted by Gasteiger charge is -2.30. The number of carbonyl (C=O) groups excluding carboxylic acids is 1. The Kier molecular flexibility index (Phi) is 5.91. The quantitative estimate of drug-likeness (QED) is 0.576. The Morgan fingerprint density at radius 1 is 1.09 bits per heavy atom. The van der Waals surface area contributed by atoms with E-state index in [0.29, 0.717) is 51.1 Å². The number of anilines is 1. The predicted molar refractivity (Wildman–Crippen MR) is 119 cm³/mol. The summed E-state index contributed by atoms with van der Waals surface area (Å²) in [7, 11) is 0. The highest BCUT2D eigenvalue weighted by molar-refractivity contribution is 6.36. The van der Waals surface area contributed by atoms with Gasteiger partial charge in [-0.1, -0.05) is 28.4 Å². The number of benzene rings is 2. The lowest BCUT2D eigenvalue weighted by Crippen LogP contribution is -2.37. The van der Waals surface area contributed by atoms with E-state index in [-0.39, 0.29) is 18.6 Å². The number of likely N-dealkylation sites (tertiary alicyclic amines) is 1. The second-order valence-corrected chi connectivity index (χ2v) is 8.59. The molecule has 1 fully saturated rings. The first kappa shape index (κ1) is 21.1. The Balaban J connectivity index is 1.14. The Morgan fingerprint density at radius 3 is 2.72 bits per heavy atom. The number of halogens is 2. The van der Waals surface area contributed by atoms with Gasteiger partial charge >= 0.3 is 0 Å². The number of hydrogen-bond donors (Lipinski definition) is 1. The monoisotopic (exact) mass is 474 g/mol. The fraction of sp³-hybridized carbons (Fsp3) is 0.318. The molecule has 0 unspecified atom stereocenters. The number of amides is 1. The van der Waals surface area contributed by atoms with E-state index >= 15 is 0 Å². The summed E-state index contributed by atoms with van der Waals surface area (Å²) in [5, 5.41) is 8.03. The number of nitrogens with zero attached hydrogens (tertiary/aromatic N) is 3. The van der Waals surface area contributed by atoms with Crippen LogP contribution in [-0.2, 0) is 11.3 Å². The van der Waals surface area contributed by atoms with E-state index in [1.54, 1.807) is 30.3 Å². The van der Waals surface area contributed by atoms with Crippen LogP contribution < -0.4 is 14.8 Å². The molecule has 5 rings (SSSR count). The van der Waals surface area contributed by atoms with Gasteiger partial charge in [0.05, 0.1) is 11.6 Å². The van der Waals surface area contributed by atoms with Crippen LogP contribution in [0, 0.1) is 5.92 Å². The SMILES string of the molecule is O=C(Nc1ccc2c(c1)OCO2)C1CCN(Cc2nc(-c3ccc(Cl)cc3Cl)no2)CC1. The average Bonchev–Trinajstić information content (AvgIpc) is 3.43. The maximum Gasteiger partial charge on any atom is 0.241 e. The van der Waals surface area contributed by atoms with Crippen molar-refractivity contribution >= 4 is 34.8 Å². The van der Waals surface area contributed by atoms with Crippen LogP contribution >= 0.6 is 23.2 Å².